The van der Waals surface area contributed by atoms with Crippen molar-refractivity contribution in [2.45, 2.75) is 32.2 Å². The molecule has 0 spiro atoms. The summed E-state index contributed by atoms with van der Waals surface area (Å²) in [4.78, 5) is 13.1. The van der Waals surface area contributed by atoms with E-state index in [1.165, 1.54) is 0 Å². The third-order valence-electron chi connectivity index (χ3n) is 2.82. The Morgan fingerprint density at radius 1 is 1.11 bits per heavy atom. The van der Waals surface area contributed by atoms with E-state index in [0.717, 1.165) is 30.1 Å². The first-order valence-corrected chi connectivity index (χ1v) is 6.24. The van der Waals surface area contributed by atoms with Gasteiger partial charge in [0, 0.05) is 36.2 Å². The maximum Gasteiger partial charge on any atom is 0.134 e. The van der Waals surface area contributed by atoms with Crippen LogP contribution in [0.5, 0.6) is 0 Å². The number of nitrogens with zero attached hydrogens (tertiary/aromatic N) is 3. The van der Waals surface area contributed by atoms with Gasteiger partial charge in [0.05, 0.1) is 6.42 Å². The Kier molecular flexibility index (Phi) is 4.36. The van der Waals surface area contributed by atoms with Crippen LogP contribution in [0.1, 0.15) is 30.6 Å². The first-order valence-electron chi connectivity index (χ1n) is 6.24. The van der Waals surface area contributed by atoms with E-state index >= 15 is 0 Å². The molecule has 18 heavy (non-hydrogen) atoms. The summed E-state index contributed by atoms with van der Waals surface area (Å²) in [5.41, 5.74) is 7.92. The van der Waals surface area contributed by atoms with Crippen LogP contribution < -0.4 is 5.73 Å². The quantitative estimate of drug-likeness (QED) is 0.867. The Labute approximate surface area is 107 Å². The van der Waals surface area contributed by atoms with Crippen LogP contribution >= 0.6 is 0 Å². The van der Waals surface area contributed by atoms with Gasteiger partial charge in [-0.05, 0) is 24.6 Å². The zero-order valence-corrected chi connectivity index (χ0v) is 10.6. The van der Waals surface area contributed by atoms with Crippen LogP contribution in [-0.2, 0) is 12.8 Å². The molecule has 0 aromatic carbocycles. The maximum absolute atomic E-state index is 5.93. The molecule has 2 heterocycles. The molecule has 1 atom stereocenters. The summed E-state index contributed by atoms with van der Waals surface area (Å²) in [5, 5.41) is 0. The summed E-state index contributed by atoms with van der Waals surface area (Å²) in [6, 6.07) is 7.95. The molecule has 0 saturated heterocycles. The molecule has 0 radical (unpaired) electrons. The summed E-state index contributed by atoms with van der Waals surface area (Å²) in [6.07, 6.45) is 6.00. The molecule has 94 valence electrons. The lowest BCUT2D eigenvalue weighted by Crippen LogP contribution is -2.22. The van der Waals surface area contributed by atoms with Crippen LogP contribution in [0.4, 0.5) is 0 Å². The van der Waals surface area contributed by atoms with Crippen LogP contribution in [0, 0.1) is 0 Å². The monoisotopic (exact) mass is 242 g/mol. The highest BCUT2D eigenvalue weighted by Gasteiger charge is 2.05. The molecule has 2 rings (SSSR count). The van der Waals surface area contributed by atoms with E-state index in [-0.39, 0.29) is 6.04 Å². The van der Waals surface area contributed by atoms with Gasteiger partial charge in [0.2, 0.25) is 0 Å². The zero-order valence-electron chi connectivity index (χ0n) is 10.6. The van der Waals surface area contributed by atoms with Gasteiger partial charge in [-0.15, -0.1) is 0 Å². The molecule has 0 amide bonds. The van der Waals surface area contributed by atoms with E-state index in [2.05, 4.69) is 21.9 Å². The van der Waals surface area contributed by atoms with Crippen molar-refractivity contribution < 1.29 is 0 Å². The minimum absolute atomic E-state index is 0.169. The fourth-order valence-corrected chi connectivity index (χ4v) is 1.72. The average Bonchev–Trinajstić information content (AvgIpc) is 2.40. The molecule has 0 bridgehead atoms. The van der Waals surface area contributed by atoms with Crippen LogP contribution in [0.2, 0.25) is 0 Å². The highest BCUT2D eigenvalue weighted by molar-refractivity contribution is 5.12. The number of pyridine rings is 1. The smallest absolute Gasteiger partial charge is 0.134 e. The molecule has 0 aliphatic carbocycles. The highest BCUT2D eigenvalue weighted by Crippen LogP contribution is 2.05. The second-order valence-corrected chi connectivity index (χ2v) is 4.33. The predicted molar refractivity (Wildman–Crippen MR) is 71.0 cm³/mol. The van der Waals surface area contributed by atoms with Crippen molar-refractivity contribution in [1.82, 2.24) is 15.0 Å². The number of aromatic nitrogens is 3. The minimum atomic E-state index is 0.169. The molecular weight excluding hydrogens is 224 g/mol. The van der Waals surface area contributed by atoms with Crippen LogP contribution in [-0.4, -0.2) is 21.0 Å². The Balaban J connectivity index is 2.08. The van der Waals surface area contributed by atoms with Gasteiger partial charge < -0.3 is 5.73 Å². The van der Waals surface area contributed by atoms with E-state index in [9.17, 15) is 0 Å². The third-order valence-corrected chi connectivity index (χ3v) is 2.82. The first-order chi connectivity index (χ1) is 8.78. The van der Waals surface area contributed by atoms with E-state index in [4.69, 9.17) is 5.73 Å². The van der Waals surface area contributed by atoms with Gasteiger partial charge in [-0.25, -0.2) is 9.97 Å². The Morgan fingerprint density at radius 2 is 2.00 bits per heavy atom. The second-order valence-electron chi connectivity index (χ2n) is 4.33. The summed E-state index contributed by atoms with van der Waals surface area (Å²) >= 11 is 0. The topological polar surface area (TPSA) is 64.7 Å². The van der Waals surface area contributed by atoms with Crippen LogP contribution in [0.15, 0.2) is 36.7 Å². The lowest BCUT2D eigenvalue weighted by Gasteiger charge is -2.08. The molecule has 0 fully saturated rings. The first kappa shape index (κ1) is 12.6. The summed E-state index contributed by atoms with van der Waals surface area (Å²) in [7, 11) is 0. The number of hydrogen-bond donors (Lipinski definition) is 1. The minimum Gasteiger partial charge on any atom is -0.327 e. The average molecular weight is 242 g/mol. The summed E-state index contributed by atoms with van der Waals surface area (Å²) < 4.78 is 0. The van der Waals surface area contributed by atoms with Gasteiger partial charge in [-0.2, -0.15) is 0 Å². The van der Waals surface area contributed by atoms with Crippen molar-refractivity contribution in [2.24, 2.45) is 5.73 Å². The molecular formula is C14H18N4. The van der Waals surface area contributed by atoms with Gasteiger partial charge >= 0.3 is 0 Å². The summed E-state index contributed by atoms with van der Waals surface area (Å²) in [6.45, 7) is 2.08. The molecule has 2 N–H and O–H groups in total. The van der Waals surface area contributed by atoms with Crippen molar-refractivity contribution in [2.75, 3.05) is 0 Å². The number of nitrogens with two attached hydrogens (primary N) is 1. The number of rotatable bonds is 5. The molecule has 4 heteroatoms. The van der Waals surface area contributed by atoms with Gasteiger partial charge in [0.15, 0.2) is 0 Å². The Hall–Kier alpha value is -1.81. The SMILES string of the molecule is CCC(N)Cc1ccnc(Cc2ccccn2)n1. The van der Waals surface area contributed by atoms with Gasteiger partial charge in [-0.3, -0.25) is 4.98 Å². The van der Waals surface area contributed by atoms with E-state index in [0.29, 0.717) is 6.42 Å². The van der Waals surface area contributed by atoms with Crippen molar-refractivity contribution in [1.29, 1.82) is 0 Å². The fourth-order valence-electron chi connectivity index (χ4n) is 1.72. The molecule has 2 aromatic rings. The van der Waals surface area contributed by atoms with Gasteiger partial charge in [0.25, 0.3) is 0 Å². The standard InChI is InChI=1S/C14H18N4/c1-2-11(15)9-13-6-8-17-14(18-13)10-12-5-3-4-7-16-12/h3-8,11H,2,9-10,15H2,1H3. The number of hydrogen-bond acceptors (Lipinski definition) is 4. The molecule has 4 nitrogen and oxygen atoms in total. The highest BCUT2D eigenvalue weighted by atomic mass is 14.9. The third kappa shape index (κ3) is 3.60. The predicted octanol–water partition coefficient (Wildman–Crippen LogP) is 1.74. The molecule has 0 saturated carbocycles. The molecule has 2 aromatic heterocycles. The lowest BCUT2D eigenvalue weighted by atomic mass is 10.1. The Morgan fingerprint density at radius 3 is 2.72 bits per heavy atom. The van der Waals surface area contributed by atoms with Crippen molar-refractivity contribution in [3.63, 3.8) is 0 Å². The molecule has 0 aliphatic rings. The largest absolute Gasteiger partial charge is 0.327 e. The van der Waals surface area contributed by atoms with Gasteiger partial charge in [-0.1, -0.05) is 13.0 Å². The van der Waals surface area contributed by atoms with Crippen LogP contribution in [0.3, 0.4) is 0 Å². The van der Waals surface area contributed by atoms with Gasteiger partial charge in [0.1, 0.15) is 5.82 Å². The maximum atomic E-state index is 5.93. The molecule has 1 unspecified atom stereocenters. The van der Waals surface area contributed by atoms with Crippen LogP contribution in [0.25, 0.3) is 0 Å². The lowest BCUT2D eigenvalue weighted by molar-refractivity contribution is 0.633. The summed E-state index contributed by atoms with van der Waals surface area (Å²) in [5.74, 6) is 0.800. The fraction of sp³-hybridized carbons (Fsp3) is 0.357. The van der Waals surface area contributed by atoms with E-state index in [1.54, 1.807) is 12.4 Å². The van der Waals surface area contributed by atoms with Crippen molar-refractivity contribution in [3.8, 4) is 0 Å². The Bertz CT molecular complexity index is 484. The van der Waals surface area contributed by atoms with Crippen molar-refractivity contribution in [3.05, 3.63) is 53.9 Å². The zero-order chi connectivity index (χ0) is 12.8. The van der Waals surface area contributed by atoms with E-state index < -0.39 is 0 Å². The van der Waals surface area contributed by atoms with E-state index in [1.807, 2.05) is 24.3 Å². The normalized spacial score (nSPS) is 12.3. The molecule has 0 aliphatic heterocycles. The van der Waals surface area contributed by atoms with Crippen molar-refractivity contribution >= 4 is 0 Å². The second kappa shape index (κ2) is 6.21.